The van der Waals surface area contributed by atoms with Crippen molar-refractivity contribution in [3.63, 3.8) is 0 Å². The van der Waals surface area contributed by atoms with Gasteiger partial charge >= 0.3 is 0 Å². The summed E-state index contributed by atoms with van der Waals surface area (Å²) in [6, 6.07) is 4.58. The third-order valence-electron chi connectivity index (χ3n) is 4.05. The zero-order valence-electron chi connectivity index (χ0n) is 11.5. The van der Waals surface area contributed by atoms with Gasteiger partial charge in [-0.1, -0.05) is 0 Å². The average molecular weight is 318 g/mol. The molecule has 3 heterocycles. The molecule has 3 rings (SSSR count). The first kappa shape index (κ1) is 17.2. The van der Waals surface area contributed by atoms with Gasteiger partial charge in [0.1, 0.15) is 0 Å². The van der Waals surface area contributed by atoms with Gasteiger partial charge in [-0.25, -0.2) is 0 Å². The van der Waals surface area contributed by atoms with E-state index in [-0.39, 0.29) is 30.7 Å². The molecule has 0 radical (unpaired) electrons. The van der Waals surface area contributed by atoms with Crippen LogP contribution in [0, 0.1) is 6.92 Å². The standard InChI is InChI=1S/C14H19N3O.2ClH/c1-10-2-3-11(8-16-10)14(18)17-12-4-5-13(17)9-15-7-6-12;;/h2-3,8,12-13,15H,4-7,9H2,1H3;2*1H. The molecule has 6 heteroatoms. The van der Waals surface area contributed by atoms with E-state index in [4.69, 9.17) is 0 Å². The molecule has 0 spiro atoms. The zero-order chi connectivity index (χ0) is 12.5. The summed E-state index contributed by atoms with van der Waals surface area (Å²) in [4.78, 5) is 18.9. The first-order chi connectivity index (χ1) is 8.75. The highest BCUT2D eigenvalue weighted by Crippen LogP contribution is 2.29. The Hall–Kier alpha value is -0.840. The van der Waals surface area contributed by atoms with Crippen molar-refractivity contribution in [1.29, 1.82) is 0 Å². The minimum atomic E-state index is 0. The molecule has 20 heavy (non-hydrogen) atoms. The molecule has 4 nitrogen and oxygen atoms in total. The van der Waals surface area contributed by atoms with E-state index in [0.717, 1.165) is 43.6 Å². The Morgan fingerprint density at radius 1 is 1.25 bits per heavy atom. The highest BCUT2D eigenvalue weighted by atomic mass is 35.5. The number of aryl methyl sites for hydroxylation is 1. The van der Waals surface area contributed by atoms with Crippen LogP contribution in [-0.4, -0.2) is 41.0 Å². The normalized spacial score (nSPS) is 24.4. The summed E-state index contributed by atoms with van der Waals surface area (Å²) in [5.74, 6) is 0.152. The van der Waals surface area contributed by atoms with E-state index in [1.807, 2.05) is 19.1 Å². The molecule has 0 saturated carbocycles. The Bertz CT molecular complexity index is 438. The summed E-state index contributed by atoms with van der Waals surface area (Å²) in [5, 5.41) is 3.41. The van der Waals surface area contributed by atoms with Gasteiger partial charge in [-0.15, -0.1) is 24.8 Å². The lowest BCUT2D eigenvalue weighted by Gasteiger charge is -2.27. The SMILES string of the molecule is Cc1ccc(C(=O)N2C3CCNCC2CC3)cn1.Cl.Cl. The van der Waals surface area contributed by atoms with Crippen LogP contribution >= 0.6 is 24.8 Å². The molecule has 2 aliphatic heterocycles. The molecule has 0 aromatic carbocycles. The topological polar surface area (TPSA) is 45.2 Å². The molecule has 1 N–H and O–H groups in total. The summed E-state index contributed by atoms with van der Waals surface area (Å²) in [7, 11) is 0. The number of carbonyl (C=O) groups is 1. The molecule has 2 bridgehead atoms. The number of rotatable bonds is 1. The van der Waals surface area contributed by atoms with Crippen LogP contribution in [0.1, 0.15) is 35.3 Å². The maximum absolute atomic E-state index is 12.6. The third-order valence-corrected chi connectivity index (χ3v) is 4.05. The van der Waals surface area contributed by atoms with Gasteiger partial charge in [-0.2, -0.15) is 0 Å². The molecule has 2 aliphatic rings. The number of nitrogens with one attached hydrogen (secondary N) is 1. The second-order valence-electron chi connectivity index (χ2n) is 5.28. The summed E-state index contributed by atoms with van der Waals surface area (Å²) < 4.78 is 0. The maximum Gasteiger partial charge on any atom is 0.255 e. The van der Waals surface area contributed by atoms with Crippen LogP contribution in [0.25, 0.3) is 0 Å². The molecule has 112 valence electrons. The first-order valence-electron chi connectivity index (χ1n) is 6.72. The summed E-state index contributed by atoms with van der Waals surface area (Å²) in [6.45, 7) is 3.90. The lowest BCUT2D eigenvalue weighted by atomic mass is 10.1. The summed E-state index contributed by atoms with van der Waals surface area (Å²) >= 11 is 0. The number of aromatic nitrogens is 1. The van der Waals surface area contributed by atoms with Crippen LogP contribution in [0.3, 0.4) is 0 Å². The van der Waals surface area contributed by atoms with Crippen molar-refractivity contribution in [2.24, 2.45) is 0 Å². The minimum Gasteiger partial charge on any atom is -0.331 e. The second kappa shape index (κ2) is 7.25. The predicted octanol–water partition coefficient (Wildman–Crippen LogP) is 2.20. The van der Waals surface area contributed by atoms with E-state index >= 15 is 0 Å². The van der Waals surface area contributed by atoms with E-state index in [9.17, 15) is 4.79 Å². The molecular formula is C14H21Cl2N3O. The average Bonchev–Trinajstić information content (AvgIpc) is 2.63. The fourth-order valence-corrected chi connectivity index (χ4v) is 3.06. The number of fused-ring (bicyclic) bond motifs is 2. The van der Waals surface area contributed by atoms with Gasteiger partial charge in [-0.3, -0.25) is 9.78 Å². The Morgan fingerprint density at radius 2 is 2.00 bits per heavy atom. The van der Waals surface area contributed by atoms with Gasteiger partial charge in [-0.05, 0) is 44.9 Å². The van der Waals surface area contributed by atoms with E-state index in [0.29, 0.717) is 12.1 Å². The number of hydrogen-bond acceptors (Lipinski definition) is 3. The van der Waals surface area contributed by atoms with Gasteiger partial charge in [0.2, 0.25) is 0 Å². The van der Waals surface area contributed by atoms with Gasteiger partial charge in [0.15, 0.2) is 0 Å². The smallest absolute Gasteiger partial charge is 0.255 e. The minimum absolute atomic E-state index is 0. The van der Waals surface area contributed by atoms with Crippen molar-refractivity contribution >= 4 is 30.7 Å². The molecular weight excluding hydrogens is 297 g/mol. The van der Waals surface area contributed by atoms with E-state index in [1.165, 1.54) is 0 Å². The van der Waals surface area contributed by atoms with Gasteiger partial charge < -0.3 is 10.2 Å². The van der Waals surface area contributed by atoms with Crippen LogP contribution in [0.5, 0.6) is 0 Å². The number of amides is 1. The van der Waals surface area contributed by atoms with E-state index < -0.39 is 0 Å². The maximum atomic E-state index is 12.6. The molecule has 1 aromatic heterocycles. The van der Waals surface area contributed by atoms with Crippen molar-refractivity contribution in [2.75, 3.05) is 13.1 Å². The summed E-state index contributed by atoms with van der Waals surface area (Å²) in [6.07, 6.45) is 5.05. The molecule has 2 saturated heterocycles. The lowest BCUT2D eigenvalue weighted by Crippen LogP contribution is -2.42. The van der Waals surface area contributed by atoms with E-state index in [1.54, 1.807) is 6.20 Å². The Morgan fingerprint density at radius 3 is 2.70 bits per heavy atom. The van der Waals surface area contributed by atoms with Crippen LogP contribution < -0.4 is 5.32 Å². The van der Waals surface area contributed by atoms with Gasteiger partial charge in [0.05, 0.1) is 5.56 Å². The Kier molecular flexibility index (Phi) is 6.24. The highest BCUT2D eigenvalue weighted by Gasteiger charge is 2.38. The molecule has 0 aliphatic carbocycles. The number of nitrogens with zero attached hydrogens (tertiary/aromatic N) is 2. The summed E-state index contributed by atoms with van der Waals surface area (Å²) in [5.41, 5.74) is 1.67. The predicted molar refractivity (Wildman–Crippen MR) is 83.9 cm³/mol. The molecule has 2 unspecified atom stereocenters. The number of halogens is 2. The Balaban J connectivity index is 0.000001000. The largest absolute Gasteiger partial charge is 0.331 e. The van der Waals surface area contributed by atoms with Crippen LogP contribution in [0.4, 0.5) is 0 Å². The highest BCUT2D eigenvalue weighted by molar-refractivity contribution is 5.94. The fourth-order valence-electron chi connectivity index (χ4n) is 3.06. The monoisotopic (exact) mass is 317 g/mol. The molecule has 1 aromatic rings. The van der Waals surface area contributed by atoms with Gasteiger partial charge in [0, 0.05) is 30.5 Å². The first-order valence-corrected chi connectivity index (χ1v) is 6.72. The third kappa shape index (κ3) is 3.25. The number of hydrogen-bond donors (Lipinski definition) is 1. The molecule has 1 amide bonds. The van der Waals surface area contributed by atoms with Gasteiger partial charge in [0.25, 0.3) is 5.91 Å². The zero-order valence-corrected chi connectivity index (χ0v) is 13.2. The second-order valence-corrected chi connectivity index (χ2v) is 5.28. The number of carbonyl (C=O) groups excluding carboxylic acids is 1. The van der Waals surface area contributed by atoms with Crippen LogP contribution in [-0.2, 0) is 0 Å². The number of pyridine rings is 1. The van der Waals surface area contributed by atoms with Crippen LogP contribution in [0.15, 0.2) is 18.3 Å². The van der Waals surface area contributed by atoms with Crippen molar-refractivity contribution in [2.45, 2.75) is 38.3 Å². The lowest BCUT2D eigenvalue weighted by molar-refractivity contribution is 0.0680. The molecule has 2 atom stereocenters. The van der Waals surface area contributed by atoms with Crippen LogP contribution in [0.2, 0.25) is 0 Å². The van der Waals surface area contributed by atoms with Crippen molar-refractivity contribution < 1.29 is 4.79 Å². The quantitative estimate of drug-likeness (QED) is 0.863. The Labute approximate surface area is 132 Å². The van der Waals surface area contributed by atoms with Crippen molar-refractivity contribution in [1.82, 2.24) is 15.2 Å². The van der Waals surface area contributed by atoms with Crippen molar-refractivity contribution in [3.8, 4) is 0 Å². The fraction of sp³-hybridized carbons (Fsp3) is 0.571. The van der Waals surface area contributed by atoms with Crippen molar-refractivity contribution in [3.05, 3.63) is 29.6 Å². The molecule has 2 fully saturated rings. The van der Waals surface area contributed by atoms with E-state index in [2.05, 4.69) is 15.2 Å².